The highest BCUT2D eigenvalue weighted by atomic mass is 32.2. The van der Waals surface area contributed by atoms with E-state index in [0.29, 0.717) is 11.1 Å². The predicted octanol–water partition coefficient (Wildman–Crippen LogP) is 2.55. The number of phenols is 2. The molecular formula is C14H14O4S. The van der Waals surface area contributed by atoms with Gasteiger partial charge < -0.3 is 10.2 Å². The first-order valence-corrected chi connectivity index (χ1v) is 7.15. The van der Waals surface area contributed by atoms with Crippen LogP contribution >= 0.6 is 0 Å². The van der Waals surface area contributed by atoms with Gasteiger partial charge in [0.1, 0.15) is 0 Å². The van der Waals surface area contributed by atoms with E-state index in [2.05, 4.69) is 0 Å². The lowest BCUT2D eigenvalue weighted by molar-refractivity contribution is 0.402. The minimum Gasteiger partial charge on any atom is -0.504 e. The van der Waals surface area contributed by atoms with Crippen molar-refractivity contribution < 1.29 is 18.6 Å². The van der Waals surface area contributed by atoms with E-state index in [1.54, 1.807) is 32.0 Å². The largest absolute Gasteiger partial charge is 0.504 e. The normalized spacial score (nSPS) is 11.5. The van der Waals surface area contributed by atoms with Gasteiger partial charge in [-0.2, -0.15) is 0 Å². The Morgan fingerprint density at radius 2 is 1.47 bits per heavy atom. The number of rotatable bonds is 2. The fraction of sp³-hybridized carbons (Fsp3) is 0.143. The van der Waals surface area contributed by atoms with Gasteiger partial charge in [-0.25, -0.2) is 8.42 Å². The summed E-state index contributed by atoms with van der Waals surface area (Å²) in [6, 6.07) is 8.72. The van der Waals surface area contributed by atoms with Crippen molar-refractivity contribution in [3.63, 3.8) is 0 Å². The smallest absolute Gasteiger partial charge is 0.207 e. The molecule has 2 aromatic rings. The van der Waals surface area contributed by atoms with Crippen LogP contribution in [0.2, 0.25) is 0 Å². The molecule has 0 aliphatic carbocycles. The zero-order valence-corrected chi connectivity index (χ0v) is 11.4. The second-order valence-electron chi connectivity index (χ2n) is 4.37. The Morgan fingerprint density at radius 3 is 2.00 bits per heavy atom. The fourth-order valence-electron chi connectivity index (χ4n) is 2.01. The van der Waals surface area contributed by atoms with Crippen molar-refractivity contribution in [2.24, 2.45) is 0 Å². The Balaban J connectivity index is 2.69. The summed E-state index contributed by atoms with van der Waals surface area (Å²) in [5.74, 6) is -0.798. The second kappa shape index (κ2) is 4.59. The zero-order chi connectivity index (χ0) is 14.2. The van der Waals surface area contributed by atoms with Crippen LogP contribution in [0.25, 0.3) is 0 Å². The van der Waals surface area contributed by atoms with Crippen LogP contribution in [-0.4, -0.2) is 18.6 Å². The molecule has 0 spiro atoms. The number of phenolic OH excluding ortho intramolecular Hbond substituents is 2. The molecule has 4 nitrogen and oxygen atoms in total. The molecule has 0 radical (unpaired) electrons. The van der Waals surface area contributed by atoms with E-state index >= 15 is 0 Å². The van der Waals surface area contributed by atoms with Gasteiger partial charge in [-0.3, -0.25) is 0 Å². The highest BCUT2D eigenvalue weighted by Gasteiger charge is 2.22. The van der Waals surface area contributed by atoms with Crippen LogP contribution in [0.1, 0.15) is 11.1 Å². The van der Waals surface area contributed by atoms with E-state index in [4.69, 9.17) is 0 Å². The van der Waals surface area contributed by atoms with Gasteiger partial charge in [-0.05, 0) is 37.1 Å². The first-order chi connectivity index (χ1) is 8.84. The van der Waals surface area contributed by atoms with E-state index < -0.39 is 15.6 Å². The van der Waals surface area contributed by atoms with Gasteiger partial charge in [0, 0.05) is 6.07 Å². The second-order valence-corrected chi connectivity index (χ2v) is 6.26. The lowest BCUT2D eigenvalue weighted by Crippen LogP contribution is -2.06. The minimum absolute atomic E-state index is 0.0415. The molecule has 0 aliphatic heterocycles. The zero-order valence-electron chi connectivity index (χ0n) is 10.6. The number of benzene rings is 2. The first-order valence-electron chi connectivity index (χ1n) is 5.67. The molecule has 0 aliphatic rings. The lowest BCUT2D eigenvalue weighted by Gasteiger charge is -2.11. The number of aromatic hydroxyl groups is 2. The van der Waals surface area contributed by atoms with Gasteiger partial charge in [-0.1, -0.05) is 18.2 Å². The SMILES string of the molecule is Cc1cccc(C)c1S(=O)(=O)c1ccc(O)c(O)c1. The molecule has 0 saturated heterocycles. The predicted molar refractivity (Wildman–Crippen MR) is 71.1 cm³/mol. The Morgan fingerprint density at radius 1 is 0.895 bits per heavy atom. The Labute approximate surface area is 111 Å². The third kappa shape index (κ3) is 2.29. The van der Waals surface area contributed by atoms with Crippen molar-refractivity contribution in [3.8, 4) is 11.5 Å². The molecule has 0 heterocycles. The molecule has 0 atom stereocenters. The van der Waals surface area contributed by atoms with Crippen LogP contribution < -0.4 is 0 Å². The molecule has 0 amide bonds. The van der Waals surface area contributed by atoms with Gasteiger partial charge in [0.25, 0.3) is 0 Å². The fourth-order valence-corrected chi connectivity index (χ4v) is 3.74. The summed E-state index contributed by atoms with van der Waals surface area (Å²) in [6.07, 6.45) is 0. The molecule has 2 N–H and O–H groups in total. The minimum atomic E-state index is -3.71. The molecule has 19 heavy (non-hydrogen) atoms. The molecule has 0 bridgehead atoms. The van der Waals surface area contributed by atoms with Gasteiger partial charge in [0.05, 0.1) is 9.79 Å². The van der Waals surface area contributed by atoms with Crippen molar-refractivity contribution in [2.45, 2.75) is 23.6 Å². The molecule has 2 aromatic carbocycles. The van der Waals surface area contributed by atoms with Gasteiger partial charge in [-0.15, -0.1) is 0 Å². The van der Waals surface area contributed by atoms with Crippen molar-refractivity contribution in [1.29, 1.82) is 0 Å². The molecule has 2 rings (SSSR count). The van der Waals surface area contributed by atoms with Crippen molar-refractivity contribution in [3.05, 3.63) is 47.5 Å². The highest BCUT2D eigenvalue weighted by molar-refractivity contribution is 7.91. The molecule has 0 saturated carbocycles. The van der Waals surface area contributed by atoms with E-state index in [0.717, 1.165) is 12.1 Å². The molecular weight excluding hydrogens is 264 g/mol. The van der Waals surface area contributed by atoms with Crippen molar-refractivity contribution in [2.75, 3.05) is 0 Å². The van der Waals surface area contributed by atoms with E-state index in [9.17, 15) is 18.6 Å². The average Bonchev–Trinajstić information content (AvgIpc) is 2.32. The number of aryl methyl sites for hydroxylation is 2. The summed E-state index contributed by atoms with van der Waals surface area (Å²) >= 11 is 0. The van der Waals surface area contributed by atoms with Crippen LogP contribution in [0, 0.1) is 13.8 Å². The Kier molecular flexibility index (Phi) is 3.24. The highest BCUT2D eigenvalue weighted by Crippen LogP contribution is 2.32. The summed E-state index contributed by atoms with van der Waals surface area (Å²) in [5.41, 5.74) is 1.29. The summed E-state index contributed by atoms with van der Waals surface area (Å²) in [7, 11) is -3.71. The van der Waals surface area contributed by atoms with Crippen LogP contribution in [0.15, 0.2) is 46.2 Å². The topological polar surface area (TPSA) is 74.6 Å². The van der Waals surface area contributed by atoms with Crippen LogP contribution in [0.5, 0.6) is 11.5 Å². The molecule has 0 fully saturated rings. The summed E-state index contributed by atoms with van der Waals surface area (Å²) < 4.78 is 25.1. The maximum atomic E-state index is 12.5. The summed E-state index contributed by atoms with van der Waals surface area (Å²) in [4.78, 5) is 0.195. The van der Waals surface area contributed by atoms with Gasteiger partial charge in [0.2, 0.25) is 9.84 Å². The monoisotopic (exact) mass is 278 g/mol. The average molecular weight is 278 g/mol. The lowest BCUT2D eigenvalue weighted by atomic mass is 10.2. The van der Waals surface area contributed by atoms with E-state index in [1.807, 2.05) is 0 Å². The third-order valence-corrected chi connectivity index (χ3v) is 4.99. The molecule has 5 heteroatoms. The Hall–Kier alpha value is -2.01. The van der Waals surface area contributed by atoms with Crippen molar-refractivity contribution in [1.82, 2.24) is 0 Å². The van der Waals surface area contributed by atoms with Crippen LogP contribution in [0.4, 0.5) is 0 Å². The van der Waals surface area contributed by atoms with Gasteiger partial charge in [0.15, 0.2) is 11.5 Å². The van der Waals surface area contributed by atoms with Gasteiger partial charge >= 0.3 is 0 Å². The van der Waals surface area contributed by atoms with Crippen LogP contribution in [0.3, 0.4) is 0 Å². The molecule has 0 unspecified atom stereocenters. The molecule has 100 valence electrons. The third-order valence-electron chi connectivity index (χ3n) is 2.93. The summed E-state index contributed by atoms with van der Waals surface area (Å²) in [6.45, 7) is 3.44. The first kappa shape index (κ1) is 13.4. The standard InChI is InChI=1S/C14H14O4S/c1-9-4-3-5-10(2)14(9)19(17,18)11-6-7-12(15)13(16)8-11/h3-8,15-16H,1-2H3. The van der Waals surface area contributed by atoms with E-state index in [-0.39, 0.29) is 15.5 Å². The number of sulfone groups is 1. The Bertz CT molecular complexity index is 713. The van der Waals surface area contributed by atoms with E-state index in [1.165, 1.54) is 6.07 Å². The quantitative estimate of drug-likeness (QED) is 0.828. The summed E-state index contributed by atoms with van der Waals surface area (Å²) in [5, 5.41) is 18.7. The molecule has 0 aromatic heterocycles. The van der Waals surface area contributed by atoms with Crippen LogP contribution in [-0.2, 0) is 9.84 Å². The maximum absolute atomic E-state index is 12.5. The maximum Gasteiger partial charge on any atom is 0.207 e. The number of hydrogen-bond donors (Lipinski definition) is 2. The number of hydrogen-bond acceptors (Lipinski definition) is 4. The van der Waals surface area contributed by atoms with Crippen molar-refractivity contribution >= 4 is 9.84 Å².